The number of thiazole rings is 1. The van der Waals surface area contributed by atoms with Gasteiger partial charge in [0, 0.05) is 23.4 Å². The Morgan fingerprint density at radius 2 is 1.90 bits per heavy atom. The Morgan fingerprint density at radius 3 is 2.60 bits per heavy atom. The summed E-state index contributed by atoms with van der Waals surface area (Å²) in [6.45, 7) is 4.06. The van der Waals surface area contributed by atoms with Crippen LogP contribution in [0.2, 0.25) is 0 Å². The summed E-state index contributed by atoms with van der Waals surface area (Å²) in [7, 11) is -3.60. The van der Waals surface area contributed by atoms with Crippen LogP contribution < -0.4 is 5.32 Å². The summed E-state index contributed by atoms with van der Waals surface area (Å²) in [6.07, 6.45) is 0.464. The van der Waals surface area contributed by atoms with Crippen LogP contribution in [0.3, 0.4) is 0 Å². The molecule has 30 heavy (non-hydrogen) atoms. The lowest BCUT2D eigenvalue weighted by Gasteiger charge is -2.25. The van der Waals surface area contributed by atoms with Crippen LogP contribution in [0.5, 0.6) is 0 Å². The number of benzene rings is 2. The Hall–Kier alpha value is -2.62. The number of aromatic nitrogens is 1. The first-order valence-electron chi connectivity index (χ1n) is 9.37. The van der Waals surface area contributed by atoms with Crippen molar-refractivity contribution < 1.29 is 17.6 Å². The van der Waals surface area contributed by atoms with Crippen LogP contribution in [0.15, 0.2) is 47.4 Å². The minimum Gasteiger partial charge on any atom is -0.298 e. The van der Waals surface area contributed by atoms with Crippen molar-refractivity contribution in [2.24, 2.45) is 0 Å². The highest BCUT2D eigenvalue weighted by Gasteiger charge is 2.30. The second kappa shape index (κ2) is 7.90. The molecule has 1 aromatic heterocycles. The van der Waals surface area contributed by atoms with Crippen molar-refractivity contribution in [3.63, 3.8) is 0 Å². The highest BCUT2D eigenvalue weighted by molar-refractivity contribution is 7.89. The predicted molar refractivity (Wildman–Crippen MR) is 114 cm³/mol. The van der Waals surface area contributed by atoms with Crippen LogP contribution in [-0.2, 0) is 23.0 Å². The van der Waals surface area contributed by atoms with Gasteiger partial charge in [0.05, 0.1) is 17.1 Å². The van der Waals surface area contributed by atoms with E-state index in [0.29, 0.717) is 23.7 Å². The van der Waals surface area contributed by atoms with E-state index in [4.69, 9.17) is 0 Å². The second-order valence-electron chi connectivity index (χ2n) is 7.21. The van der Waals surface area contributed by atoms with Gasteiger partial charge in [-0.05, 0) is 43.7 Å². The van der Waals surface area contributed by atoms with E-state index in [9.17, 15) is 17.6 Å². The maximum absolute atomic E-state index is 13.7. The van der Waals surface area contributed by atoms with Crippen molar-refractivity contribution in [2.75, 3.05) is 11.9 Å². The van der Waals surface area contributed by atoms with Gasteiger partial charge in [-0.2, -0.15) is 4.31 Å². The van der Waals surface area contributed by atoms with E-state index in [1.165, 1.54) is 21.7 Å². The molecule has 0 unspecified atom stereocenters. The standard InChI is InChI=1S/C21H20FN3O3S2/c1-13-3-7-16(8-4-13)30(27,28)25-10-9-18-19(12-25)29-21(23-18)24-20(26)15-6-5-14(2)17(22)11-15/h3-8,11H,9-10,12H2,1-2H3,(H,23,24,26). The summed E-state index contributed by atoms with van der Waals surface area (Å²) >= 11 is 1.24. The van der Waals surface area contributed by atoms with Gasteiger partial charge >= 0.3 is 0 Å². The van der Waals surface area contributed by atoms with Gasteiger partial charge in [0.1, 0.15) is 5.82 Å². The normalized spacial score (nSPS) is 14.4. The number of carbonyl (C=O) groups excluding carboxylic acids is 1. The van der Waals surface area contributed by atoms with Crippen LogP contribution >= 0.6 is 11.3 Å². The molecule has 0 aliphatic carbocycles. The first kappa shape index (κ1) is 20.6. The molecular formula is C21H20FN3O3S2. The Kier molecular flexibility index (Phi) is 5.44. The topological polar surface area (TPSA) is 79.4 Å². The molecule has 4 rings (SSSR count). The first-order valence-corrected chi connectivity index (χ1v) is 11.6. The van der Waals surface area contributed by atoms with Crippen LogP contribution in [0, 0.1) is 19.7 Å². The van der Waals surface area contributed by atoms with Crippen molar-refractivity contribution in [1.82, 2.24) is 9.29 Å². The molecule has 1 aliphatic rings. The molecule has 0 bridgehead atoms. The zero-order valence-electron chi connectivity index (χ0n) is 16.5. The van der Waals surface area contributed by atoms with E-state index < -0.39 is 21.7 Å². The van der Waals surface area contributed by atoms with Gasteiger partial charge in [0.25, 0.3) is 5.91 Å². The quantitative estimate of drug-likeness (QED) is 0.661. The van der Waals surface area contributed by atoms with Gasteiger partial charge in [-0.15, -0.1) is 11.3 Å². The molecule has 3 aromatic rings. The fourth-order valence-electron chi connectivity index (χ4n) is 3.19. The van der Waals surface area contributed by atoms with Crippen molar-refractivity contribution in [3.8, 4) is 0 Å². The largest absolute Gasteiger partial charge is 0.298 e. The Balaban J connectivity index is 1.51. The molecule has 0 atom stereocenters. The lowest BCUT2D eigenvalue weighted by molar-refractivity contribution is 0.102. The maximum atomic E-state index is 13.7. The zero-order chi connectivity index (χ0) is 21.5. The molecule has 0 fully saturated rings. The Morgan fingerprint density at radius 1 is 1.17 bits per heavy atom. The molecule has 0 saturated carbocycles. The van der Waals surface area contributed by atoms with Gasteiger partial charge in [-0.25, -0.2) is 17.8 Å². The summed E-state index contributed by atoms with van der Waals surface area (Å²) in [5.74, 6) is -0.901. The third-order valence-corrected chi connectivity index (χ3v) is 7.87. The molecule has 9 heteroatoms. The number of rotatable bonds is 4. The predicted octanol–water partition coefficient (Wildman–Crippen LogP) is 3.90. The molecule has 2 heterocycles. The lowest BCUT2D eigenvalue weighted by Crippen LogP contribution is -2.35. The van der Waals surface area contributed by atoms with Crippen LogP contribution in [0.25, 0.3) is 0 Å². The first-order chi connectivity index (χ1) is 14.2. The number of hydrogen-bond donors (Lipinski definition) is 1. The maximum Gasteiger partial charge on any atom is 0.257 e. The molecule has 0 saturated heterocycles. The molecule has 1 N–H and O–H groups in total. The smallest absolute Gasteiger partial charge is 0.257 e. The van der Waals surface area contributed by atoms with Crippen molar-refractivity contribution in [1.29, 1.82) is 0 Å². The van der Waals surface area contributed by atoms with Crippen molar-refractivity contribution >= 4 is 32.4 Å². The molecule has 1 aliphatic heterocycles. The lowest BCUT2D eigenvalue weighted by atomic mass is 10.1. The van der Waals surface area contributed by atoms with Gasteiger partial charge in [-0.1, -0.05) is 23.8 Å². The number of amides is 1. The van der Waals surface area contributed by atoms with E-state index in [1.54, 1.807) is 43.3 Å². The SMILES string of the molecule is Cc1ccc(S(=O)(=O)N2CCc3nc(NC(=O)c4ccc(C)c(F)c4)sc3C2)cc1. The average molecular weight is 446 g/mol. The van der Waals surface area contributed by atoms with Crippen molar-refractivity contribution in [2.45, 2.75) is 31.7 Å². The number of aryl methyl sites for hydroxylation is 2. The van der Waals surface area contributed by atoms with Crippen molar-refractivity contribution in [3.05, 3.63) is 75.5 Å². The number of nitrogens with one attached hydrogen (secondary N) is 1. The summed E-state index contributed by atoms with van der Waals surface area (Å²) in [5, 5.41) is 3.06. The van der Waals surface area contributed by atoms with E-state index in [1.807, 2.05) is 6.92 Å². The number of sulfonamides is 1. The molecule has 6 nitrogen and oxygen atoms in total. The number of anilines is 1. The average Bonchev–Trinajstić information content (AvgIpc) is 3.11. The van der Waals surface area contributed by atoms with Crippen LogP contribution in [0.1, 0.15) is 32.1 Å². The van der Waals surface area contributed by atoms with E-state index in [0.717, 1.165) is 16.1 Å². The third kappa shape index (κ3) is 4.00. The summed E-state index contributed by atoms with van der Waals surface area (Å²) in [6, 6.07) is 11.1. The van der Waals surface area contributed by atoms with E-state index in [2.05, 4.69) is 10.3 Å². The van der Waals surface area contributed by atoms with Gasteiger partial charge < -0.3 is 0 Å². The Labute approximate surface area is 178 Å². The third-order valence-electron chi connectivity index (χ3n) is 5.01. The highest BCUT2D eigenvalue weighted by atomic mass is 32.2. The monoisotopic (exact) mass is 445 g/mol. The Bertz CT molecular complexity index is 1220. The molecule has 2 aromatic carbocycles. The molecule has 0 spiro atoms. The molecule has 0 radical (unpaired) electrons. The van der Waals surface area contributed by atoms with Crippen LogP contribution in [-0.4, -0.2) is 30.2 Å². The summed E-state index contributed by atoms with van der Waals surface area (Å²) < 4.78 is 41.0. The molecule has 1 amide bonds. The fraction of sp³-hybridized carbons (Fsp3) is 0.238. The summed E-state index contributed by atoms with van der Waals surface area (Å²) in [4.78, 5) is 17.9. The van der Waals surface area contributed by atoms with E-state index in [-0.39, 0.29) is 17.0 Å². The van der Waals surface area contributed by atoms with Gasteiger partial charge in [-0.3, -0.25) is 10.1 Å². The zero-order valence-corrected chi connectivity index (χ0v) is 18.1. The molecular weight excluding hydrogens is 425 g/mol. The molecule has 156 valence electrons. The van der Waals surface area contributed by atoms with Gasteiger partial charge in [0.15, 0.2) is 5.13 Å². The number of fused-ring (bicyclic) bond motifs is 1. The summed E-state index contributed by atoms with van der Waals surface area (Å²) in [5.41, 5.74) is 2.44. The fourth-order valence-corrected chi connectivity index (χ4v) is 5.70. The number of hydrogen-bond acceptors (Lipinski definition) is 5. The van der Waals surface area contributed by atoms with Gasteiger partial charge in [0.2, 0.25) is 10.0 Å². The number of nitrogens with zero attached hydrogens (tertiary/aromatic N) is 2. The van der Waals surface area contributed by atoms with Crippen LogP contribution in [0.4, 0.5) is 9.52 Å². The minimum atomic E-state index is -3.60. The minimum absolute atomic E-state index is 0.204. The highest BCUT2D eigenvalue weighted by Crippen LogP contribution is 2.31. The number of halogens is 1. The van der Waals surface area contributed by atoms with E-state index >= 15 is 0 Å². The number of carbonyl (C=O) groups is 1. The second-order valence-corrected chi connectivity index (χ2v) is 10.2.